The van der Waals surface area contributed by atoms with Crippen molar-refractivity contribution < 1.29 is 29.6 Å². The van der Waals surface area contributed by atoms with Gasteiger partial charge in [0.15, 0.2) is 0 Å². The molecule has 206 valence electrons. The number of rotatable bonds is 4. The average molecular weight is 527 g/mol. The molecule has 36 heavy (non-hydrogen) atoms. The molecule has 1 amide bonds. The lowest BCUT2D eigenvalue weighted by atomic mass is 9.85. The average Bonchev–Trinajstić information content (AvgIpc) is 3.12. The van der Waals surface area contributed by atoms with Gasteiger partial charge in [-0.05, 0) is 67.9 Å². The molecule has 4 heterocycles. The maximum Gasteiger partial charge on any atom is 0.240 e. The molecule has 0 aromatic carbocycles. The first-order valence-corrected chi connectivity index (χ1v) is 14.9. The molecule has 2 bridgehead atoms. The van der Waals surface area contributed by atoms with E-state index in [1.807, 2.05) is 6.92 Å². The fraction of sp³-hybridized carbons (Fsp3) is 0.889. The Kier molecular flexibility index (Phi) is 10.2. The van der Waals surface area contributed by atoms with E-state index in [4.69, 9.17) is 9.47 Å². The quantitative estimate of drug-likeness (QED) is 0.352. The van der Waals surface area contributed by atoms with Gasteiger partial charge >= 0.3 is 0 Å². The van der Waals surface area contributed by atoms with Crippen LogP contribution in [0.4, 0.5) is 0 Å². The summed E-state index contributed by atoms with van der Waals surface area (Å²) in [6.45, 7) is 7.92. The molecule has 5 unspecified atom stereocenters. The lowest BCUT2D eigenvalue weighted by Crippen LogP contribution is -2.65. The highest BCUT2D eigenvalue weighted by atomic mass is 32.2. The molecule has 0 spiro atoms. The van der Waals surface area contributed by atoms with Crippen molar-refractivity contribution in [2.45, 2.75) is 107 Å². The minimum atomic E-state index is -1.34. The normalized spacial score (nSPS) is 45.1. The van der Waals surface area contributed by atoms with Crippen molar-refractivity contribution in [3.63, 3.8) is 0 Å². The Morgan fingerprint density at radius 3 is 2.75 bits per heavy atom. The van der Waals surface area contributed by atoms with E-state index in [9.17, 15) is 20.1 Å². The molecule has 8 nitrogen and oxygen atoms in total. The van der Waals surface area contributed by atoms with E-state index in [0.717, 1.165) is 44.4 Å². The van der Waals surface area contributed by atoms with E-state index in [0.29, 0.717) is 24.4 Å². The molecule has 0 saturated carbocycles. The van der Waals surface area contributed by atoms with Gasteiger partial charge in [0.25, 0.3) is 0 Å². The van der Waals surface area contributed by atoms with Crippen LogP contribution in [0, 0.1) is 23.7 Å². The highest BCUT2D eigenvalue weighted by Crippen LogP contribution is 2.35. The summed E-state index contributed by atoms with van der Waals surface area (Å²) in [6, 6.07) is -1.03. The van der Waals surface area contributed by atoms with Crippen molar-refractivity contribution in [3.05, 3.63) is 12.2 Å². The van der Waals surface area contributed by atoms with Crippen molar-refractivity contribution in [3.8, 4) is 0 Å². The molecule has 5 N–H and O–H groups in total. The van der Waals surface area contributed by atoms with Crippen LogP contribution < -0.4 is 10.6 Å². The van der Waals surface area contributed by atoms with Gasteiger partial charge in [0.1, 0.15) is 35.9 Å². The Balaban J connectivity index is 1.50. The highest BCUT2D eigenvalue weighted by molar-refractivity contribution is 7.99. The number of hydrogen-bond donors (Lipinski definition) is 5. The number of fused-ring (bicyclic) bond motifs is 3. The zero-order valence-corrected chi connectivity index (χ0v) is 22.7. The van der Waals surface area contributed by atoms with E-state index in [2.05, 4.69) is 36.6 Å². The van der Waals surface area contributed by atoms with E-state index in [1.165, 1.54) is 18.2 Å². The summed E-state index contributed by atoms with van der Waals surface area (Å²) < 4.78 is 12.4. The van der Waals surface area contributed by atoms with Crippen LogP contribution in [0.1, 0.15) is 59.3 Å². The van der Waals surface area contributed by atoms with Crippen molar-refractivity contribution in [1.29, 1.82) is 0 Å². The van der Waals surface area contributed by atoms with E-state index in [-0.39, 0.29) is 17.9 Å². The third-order valence-corrected chi connectivity index (χ3v) is 9.52. The standard InChI is InChI=1S/C27H46N2O6S/c1-15(2)12-17-9-10-34-24-18(13-17)14-28-20(24)26(33)29-19-16(3)8-6-4-5-7-11-36-27-23(32)21(30)22(31)25(19)35-27/h6,8,15-25,27-28,30-32H,4-5,7,9-14H2,1-3H3,(H,29,33)/b8-6+/t16-,17-,18-,19+,20-,21?,22?,23?,24+,25?,27?/m0/s1. The maximum atomic E-state index is 13.6. The first-order valence-electron chi connectivity index (χ1n) is 13.9. The van der Waals surface area contributed by atoms with Crippen LogP contribution in [-0.4, -0.2) is 88.2 Å². The van der Waals surface area contributed by atoms with Crippen LogP contribution in [0.15, 0.2) is 12.2 Å². The lowest BCUT2D eigenvalue weighted by molar-refractivity contribution is -0.207. The highest BCUT2D eigenvalue weighted by Gasteiger charge is 2.49. The molecule has 0 aromatic heterocycles. The number of carbonyl (C=O) groups is 1. The van der Waals surface area contributed by atoms with Gasteiger partial charge in [-0.1, -0.05) is 32.9 Å². The van der Waals surface area contributed by atoms with Gasteiger partial charge in [0.05, 0.1) is 12.1 Å². The molecule has 0 aliphatic carbocycles. The number of nitrogens with one attached hydrogen (secondary N) is 2. The van der Waals surface area contributed by atoms with Crippen LogP contribution >= 0.6 is 11.8 Å². The molecule has 4 aliphatic heterocycles. The number of hydrogen-bond acceptors (Lipinski definition) is 8. The lowest BCUT2D eigenvalue weighted by Gasteiger charge is -2.45. The summed E-state index contributed by atoms with van der Waals surface area (Å²) in [5, 5.41) is 38.6. The minimum absolute atomic E-state index is 0.135. The number of ether oxygens (including phenoxy) is 2. The summed E-state index contributed by atoms with van der Waals surface area (Å²) in [4.78, 5) is 13.6. The monoisotopic (exact) mass is 526 g/mol. The largest absolute Gasteiger partial charge is 0.388 e. The second-order valence-electron chi connectivity index (χ2n) is 11.6. The van der Waals surface area contributed by atoms with E-state index < -0.39 is 41.9 Å². The SMILES string of the molecule is CC(C)C[C@@H]1CCO[C@@H]2[C@H](CN[C@@H]2C(=O)N[C@H]2C3OC(SCCCC/C=C/[C@@H]2C)C(O)C(O)C3O)C1. The topological polar surface area (TPSA) is 120 Å². The second-order valence-corrected chi connectivity index (χ2v) is 12.8. The second kappa shape index (κ2) is 12.9. The van der Waals surface area contributed by atoms with Crippen LogP contribution in [0.2, 0.25) is 0 Å². The van der Waals surface area contributed by atoms with Gasteiger partial charge < -0.3 is 35.4 Å². The maximum absolute atomic E-state index is 13.6. The third kappa shape index (κ3) is 6.65. The molecule has 11 atom stereocenters. The number of thioether (sulfide) groups is 1. The molecule has 0 aromatic rings. The predicted molar refractivity (Wildman–Crippen MR) is 140 cm³/mol. The van der Waals surface area contributed by atoms with Crippen molar-refractivity contribution in [1.82, 2.24) is 10.6 Å². The predicted octanol–water partition coefficient (Wildman–Crippen LogP) is 1.82. The summed E-state index contributed by atoms with van der Waals surface area (Å²) in [5.41, 5.74) is -0.652. The molecule has 3 saturated heterocycles. The van der Waals surface area contributed by atoms with E-state index >= 15 is 0 Å². The van der Waals surface area contributed by atoms with Gasteiger partial charge in [-0.2, -0.15) is 0 Å². The Labute approximate surface area is 220 Å². The molecule has 9 heteroatoms. The number of amides is 1. The third-order valence-electron chi connectivity index (χ3n) is 8.28. The molecule has 3 fully saturated rings. The van der Waals surface area contributed by atoms with Crippen LogP contribution in [0.25, 0.3) is 0 Å². The van der Waals surface area contributed by atoms with Crippen molar-refractivity contribution in [2.24, 2.45) is 23.7 Å². The Morgan fingerprint density at radius 1 is 1.17 bits per heavy atom. The minimum Gasteiger partial charge on any atom is -0.388 e. The van der Waals surface area contributed by atoms with Crippen LogP contribution in [0.5, 0.6) is 0 Å². The van der Waals surface area contributed by atoms with Crippen LogP contribution in [0.3, 0.4) is 0 Å². The Bertz CT molecular complexity index is 754. The molecular weight excluding hydrogens is 480 g/mol. The number of aliphatic hydroxyl groups is 3. The zero-order valence-electron chi connectivity index (χ0n) is 21.9. The summed E-state index contributed by atoms with van der Waals surface area (Å²) in [5.74, 6) is 2.06. The smallest absolute Gasteiger partial charge is 0.240 e. The first kappa shape index (κ1) is 28.3. The van der Waals surface area contributed by atoms with Gasteiger partial charge in [0.2, 0.25) is 5.91 Å². The summed E-state index contributed by atoms with van der Waals surface area (Å²) >= 11 is 1.46. The van der Waals surface area contributed by atoms with Gasteiger partial charge in [-0.3, -0.25) is 4.79 Å². The molecular formula is C27H46N2O6S. The fourth-order valence-corrected chi connectivity index (χ4v) is 7.51. The van der Waals surface area contributed by atoms with E-state index in [1.54, 1.807) is 0 Å². The molecule has 4 rings (SSSR count). The first-order chi connectivity index (χ1) is 17.3. The fourth-order valence-electron chi connectivity index (χ4n) is 6.34. The number of carbonyl (C=O) groups excluding carboxylic acids is 1. The Morgan fingerprint density at radius 2 is 1.97 bits per heavy atom. The van der Waals surface area contributed by atoms with Crippen molar-refractivity contribution in [2.75, 3.05) is 18.9 Å². The van der Waals surface area contributed by atoms with Gasteiger partial charge in [-0.25, -0.2) is 0 Å². The van der Waals surface area contributed by atoms with Gasteiger partial charge in [0, 0.05) is 13.2 Å². The molecule has 0 radical (unpaired) electrons. The molecule has 4 aliphatic rings. The zero-order chi connectivity index (χ0) is 25.8. The Hall–Kier alpha value is -0.680. The number of allylic oxidation sites excluding steroid dienone is 1. The summed E-state index contributed by atoms with van der Waals surface area (Å²) in [6.07, 6.45) is 5.57. The number of aliphatic hydroxyl groups excluding tert-OH is 3. The van der Waals surface area contributed by atoms with Gasteiger partial charge in [-0.15, -0.1) is 11.8 Å². The summed E-state index contributed by atoms with van der Waals surface area (Å²) in [7, 11) is 0. The van der Waals surface area contributed by atoms with Crippen LogP contribution in [-0.2, 0) is 14.3 Å². The van der Waals surface area contributed by atoms with Crippen molar-refractivity contribution >= 4 is 17.7 Å².